The SMILES string of the molecule is CC(C)CC(=O)NCCn1c(C(=O)N2CCNCC2)c(-c2ccccc2)n(C2CCCN(S(=O)(=O)c3cnn(C)c3)C2)c1=O.CC(C)CS(=O)(=O)NCCn1c(C(=O)N2CCNCC2)c(-c2ccccc2)n(C2CCCN(S(=O)(=O)c3cnn(C)c3)C2)c1=O.Cn1cc(S(=O)(=O)N2CCCC(n3c(-c4ccccc4)c(C(=O)N4CCNCC4)n(CCNS(=O)(=O)c4ccccc4)c3=O)C2)cn1. The van der Waals surface area contributed by atoms with Gasteiger partial charge in [0.05, 0.1) is 64.4 Å². The monoisotopic (exact) mass is 1970 g/mol. The summed E-state index contributed by atoms with van der Waals surface area (Å²) in [7, 11) is -14.1. The predicted molar refractivity (Wildman–Crippen MR) is 510 cm³/mol. The van der Waals surface area contributed by atoms with E-state index in [1.165, 1.54) is 90.0 Å². The van der Waals surface area contributed by atoms with Gasteiger partial charge in [0.2, 0.25) is 56.0 Å². The second kappa shape index (κ2) is 44.1. The summed E-state index contributed by atoms with van der Waals surface area (Å²) in [5.41, 5.74) is 2.40. The van der Waals surface area contributed by atoms with E-state index in [2.05, 4.69) is 46.0 Å². The van der Waals surface area contributed by atoms with Crippen LogP contribution >= 0.6 is 0 Å². The zero-order chi connectivity index (χ0) is 97.0. The van der Waals surface area contributed by atoms with Gasteiger partial charge in [0, 0.05) is 220 Å². The lowest BCUT2D eigenvalue weighted by Crippen LogP contribution is -2.47. The average Bonchev–Trinajstić information content (AvgIpc) is 1.59. The van der Waals surface area contributed by atoms with Gasteiger partial charge in [-0.05, 0) is 62.5 Å². The molecule has 0 radical (unpaired) electrons. The molecule has 0 saturated carbocycles. The van der Waals surface area contributed by atoms with Crippen molar-refractivity contribution in [3.05, 3.63) is 207 Å². The number of amides is 4. The topological polar surface area (TPSA) is 465 Å². The van der Waals surface area contributed by atoms with Crippen molar-refractivity contribution >= 4 is 73.7 Å². The number of rotatable bonds is 31. The summed E-state index contributed by atoms with van der Waals surface area (Å²) in [6.07, 6.45) is 11.8. The Morgan fingerprint density at radius 3 is 0.985 bits per heavy atom. The lowest BCUT2D eigenvalue weighted by atomic mass is 10.0. The van der Waals surface area contributed by atoms with Crippen LogP contribution in [0.4, 0.5) is 0 Å². The van der Waals surface area contributed by atoms with Crippen LogP contribution in [0.2, 0.25) is 0 Å². The number of carbonyl (C=O) groups excluding carboxylic acids is 4. The molecule has 136 heavy (non-hydrogen) atoms. The van der Waals surface area contributed by atoms with Crippen molar-refractivity contribution in [1.29, 1.82) is 0 Å². The van der Waals surface area contributed by atoms with Gasteiger partial charge in [0.1, 0.15) is 31.8 Å². The smallest absolute Gasteiger partial charge is 0.329 e. The molecule has 10 aromatic rings. The van der Waals surface area contributed by atoms with Crippen molar-refractivity contribution in [3.63, 3.8) is 0 Å². The molecule has 16 rings (SSSR count). The van der Waals surface area contributed by atoms with Crippen molar-refractivity contribution in [2.24, 2.45) is 33.0 Å². The summed E-state index contributed by atoms with van der Waals surface area (Å²) < 4.78 is 155. The lowest BCUT2D eigenvalue weighted by molar-refractivity contribution is -0.121. The summed E-state index contributed by atoms with van der Waals surface area (Å²) in [5.74, 6) is -1.01. The number of piperazine rings is 3. The predicted octanol–water partition coefficient (Wildman–Crippen LogP) is 3.08. The lowest BCUT2D eigenvalue weighted by Gasteiger charge is -2.33. The molecule has 734 valence electrons. The molecule has 4 amide bonds. The molecule has 6 N–H and O–H groups in total. The van der Waals surface area contributed by atoms with E-state index in [4.69, 9.17) is 0 Å². The van der Waals surface area contributed by atoms with E-state index in [-0.39, 0.29) is 150 Å². The van der Waals surface area contributed by atoms with Crippen LogP contribution < -0.4 is 47.8 Å². The summed E-state index contributed by atoms with van der Waals surface area (Å²) >= 11 is 0. The average molecular weight is 1970 g/mol. The Morgan fingerprint density at radius 2 is 0.691 bits per heavy atom. The van der Waals surface area contributed by atoms with Crippen molar-refractivity contribution in [1.82, 2.24) is 115 Å². The van der Waals surface area contributed by atoms with Crippen molar-refractivity contribution in [2.45, 2.75) is 130 Å². The van der Waals surface area contributed by atoms with Crippen molar-refractivity contribution in [3.8, 4) is 33.8 Å². The molecule has 4 aromatic carbocycles. The molecule has 3 atom stereocenters. The fourth-order valence-corrected chi connectivity index (χ4v) is 25.2. The number of piperidine rings is 3. The van der Waals surface area contributed by atoms with Gasteiger partial charge >= 0.3 is 17.1 Å². The maximum Gasteiger partial charge on any atom is 0.329 e. The van der Waals surface area contributed by atoms with Gasteiger partial charge in [-0.2, -0.15) is 28.2 Å². The number of nitrogens with zero attached hydrogens (tertiary/aromatic N) is 18. The Kier molecular flexibility index (Phi) is 32.7. The first-order valence-electron chi connectivity index (χ1n) is 46.0. The van der Waals surface area contributed by atoms with Gasteiger partial charge in [-0.25, -0.2) is 65.9 Å². The maximum atomic E-state index is 14.5. The van der Waals surface area contributed by atoms with Gasteiger partial charge < -0.3 is 36.0 Å². The van der Waals surface area contributed by atoms with E-state index in [0.29, 0.717) is 164 Å². The summed E-state index contributed by atoms with van der Waals surface area (Å²) in [6, 6.07) is 33.8. The molecule has 6 aliphatic heterocycles. The standard InChI is InChI=1S/C31H38N8O6S2.C30H42N8O5S.C29H42N8O6S2/c1-35-23-27(21-33-35)47(44,45)37-17-8-11-25(22-37)39-28(24-9-4-2-5-10-24)29(30(40)36-18-14-32-15-19-36)38(31(39)41)20-16-34-46(42,43)26-12-6-3-7-13-26;1-22(2)18-26(39)32-13-17-37-28(29(40)35-15-11-31-12-16-35)27(23-8-5-4-6-9-23)38(30(37)41)24-10-7-14-36(20-24)44(42,43)25-19-33-34(3)21-25;1-22(2)21-44(40,41)32-13-17-36-27(28(38)34-15-11-30-12-16-34)26(23-8-5-4-6-9-23)37(29(36)39)24-10-7-14-35(19-24)45(42,43)25-18-31-33(3)20-25/h2-7,9-10,12-13,21,23,25,32,34H,8,11,14-20,22H2,1H3;4-6,8-9,19,21-22,24,31H,7,10-18,20H2,1-3H3,(H,32,39);4-6,8-9,18,20,22,24,30,32H,7,10-17,19,21H2,1-3H3. The van der Waals surface area contributed by atoms with Crippen LogP contribution in [0.1, 0.15) is 122 Å². The zero-order valence-electron chi connectivity index (χ0n) is 77.6. The minimum absolute atomic E-state index is 0.0167. The van der Waals surface area contributed by atoms with Gasteiger partial charge in [0.25, 0.3) is 17.7 Å². The molecule has 3 unspecified atom stereocenters. The molecule has 41 nitrogen and oxygen atoms in total. The van der Waals surface area contributed by atoms with E-state index < -0.39 is 85.3 Å². The Balaban J connectivity index is 0.000000163. The molecule has 0 aliphatic carbocycles. The molecular formula is C90H122N24O17S5. The van der Waals surface area contributed by atoms with Crippen LogP contribution in [0.3, 0.4) is 0 Å². The number of nitrogens with one attached hydrogen (secondary N) is 6. The van der Waals surface area contributed by atoms with Crippen LogP contribution in [0.15, 0.2) is 192 Å². The molecular weight excluding hydrogens is 1850 g/mol. The van der Waals surface area contributed by atoms with Crippen LogP contribution in [0.5, 0.6) is 0 Å². The number of sulfonamides is 5. The Morgan fingerprint density at radius 1 is 0.390 bits per heavy atom. The van der Waals surface area contributed by atoms with E-state index in [9.17, 15) is 75.7 Å². The number of hydrogen-bond donors (Lipinski definition) is 6. The number of carbonyl (C=O) groups is 4. The third-order valence-corrected chi connectivity index (χ3v) is 33.4. The van der Waals surface area contributed by atoms with Crippen molar-refractivity contribution in [2.75, 3.05) is 143 Å². The Hall–Kier alpha value is -11.2. The third-order valence-electron chi connectivity index (χ3n) is 24.8. The molecule has 0 bridgehead atoms. The molecule has 6 saturated heterocycles. The summed E-state index contributed by atoms with van der Waals surface area (Å²) in [5, 5.41) is 24.7. The second-order valence-electron chi connectivity index (χ2n) is 35.5. The second-order valence-corrected chi connectivity index (χ2v) is 44.9. The van der Waals surface area contributed by atoms with Crippen LogP contribution in [-0.2, 0) is 95.7 Å². The fraction of sp³-hybridized carbons (Fsp3) is 0.489. The maximum absolute atomic E-state index is 14.5. The zero-order valence-corrected chi connectivity index (χ0v) is 81.6. The molecule has 46 heteroatoms. The van der Waals surface area contributed by atoms with Gasteiger partial charge in [-0.1, -0.05) is 137 Å². The van der Waals surface area contributed by atoms with Crippen LogP contribution in [0.25, 0.3) is 33.8 Å². The fourth-order valence-electron chi connectivity index (χ4n) is 18.3. The molecule has 6 fully saturated rings. The highest BCUT2D eigenvalue weighted by atomic mass is 32.2. The summed E-state index contributed by atoms with van der Waals surface area (Å²) in [6.45, 7) is 14.9. The molecule has 6 aromatic heterocycles. The van der Waals surface area contributed by atoms with Crippen molar-refractivity contribution < 1.29 is 61.3 Å². The highest BCUT2D eigenvalue weighted by Crippen LogP contribution is 2.38. The highest BCUT2D eigenvalue weighted by Gasteiger charge is 2.43. The number of aromatic nitrogens is 12. The van der Waals surface area contributed by atoms with Gasteiger partial charge in [-0.3, -0.25) is 60.6 Å². The minimum Gasteiger partial charge on any atom is -0.354 e. The first-order valence-corrected chi connectivity index (χ1v) is 53.5. The third kappa shape index (κ3) is 23.1. The van der Waals surface area contributed by atoms with Gasteiger partial charge in [0.15, 0.2) is 0 Å². The normalized spacial score (nSPS) is 18.2. The summed E-state index contributed by atoms with van der Waals surface area (Å²) in [4.78, 5) is 104. The van der Waals surface area contributed by atoms with E-state index >= 15 is 0 Å². The molecule has 6 aliphatic rings. The number of benzene rings is 4. The Bertz CT molecular complexity index is 6670. The Labute approximate surface area is 792 Å². The van der Waals surface area contributed by atoms with E-state index in [0.717, 1.165) is 0 Å². The number of hydrogen-bond acceptors (Lipinski definition) is 23. The van der Waals surface area contributed by atoms with E-state index in [1.807, 2.05) is 119 Å². The number of aryl methyl sites for hydroxylation is 3. The first kappa shape index (κ1) is 101. The van der Waals surface area contributed by atoms with E-state index in [1.54, 1.807) is 67.7 Å². The molecule has 0 spiro atoms. The quantitative estimate of drug-likeness (QED) is 0.0363. The minimum atomic E-state index is -3.90. The molecule has 12 heterocycles. The highest BCUT2D eigenvalue weighted by molar-refractivity contribution is 7.90. The number of imidazole rings is 3. The van der Waals surface area contributed by atoms with Crippen LogP contribution in [0, 0.1) is 11.8 Å². The largest absolute Gasteiger partial charge is 0.354 e. The van der Waals surface area contributed by atoms with Gasteiger partial charge in [-0.15, -0.1) is 0 Å². The first-order chi connectivity index (χ1) is 65.0. The van der Waals surface area contributed by atoms with Crippen LogP contribution in [-0.4, -0.2) is 293 Å².